The van der Waals surface area contributed by atoms with Gasteiger partial charge in [-0.15, -0.1) is 11.3 Å². The fourth-order valence-corrected chi connectivity index (χ4v) is 4.79. The second kappa shape index (κ2) is 11.2. The molecule has 0 saturated carbocycles. The zero-order valence-corrected chi connectivity index (χ0v) is 20.6. The van der Waals surface area contributed by atoms with Crippen molar-refractivity contribution in [3.8, 4) is 10.4 Å². The van der Waals surface area contributed by atoms with Crippen molar-refractivity contribution in [1.29, 1.82) is 0 Å². The Morgan fingerprint density at radius 1 is 1.03 bits per heavy atom. The predicted octanol–water partition coefficient (Wildman–Crippen LogP) is 7.15. The van der Waals surface area contributed by atoms with E-state index < -0.39 is 0 Å². The van der Waals surface area contributed by atoms with E-state index >= 15 is 0 Å². The number of carbonyl (C=O) groups excluding carboxylic acids is 1. The summed E-state index contributed by atoms with van der Waals surface area (Å²) >= 11 is 7.11. The van der Waals surface area contributed by atoms with Crippen molar-refractivity contribution in [2.75, 3.05) is 11.9 Å². The molecule has 2 N–H and O–H groups in total. The van der Waals surface area contributed by atoms with Crippen LogP contribution in [0.4, 0.5) is 5.00 Å². The number of esters is 1. The van der Waals surface area contributed by atoms with Crippen molar-refractivity contribution in [2.45, 2.75) is 46.1 Å². The highest BCUT2D eigenvalue weighted by atomic mass is 32.1. The Morgan fingerprint density at radius 3 is 2.28 bits per heavy atom. The Labute approximate surface area is 200 Å². The van der Waals surface area contributed by atoms with Crippen molar-refractivity contribution in [1.82, 2.24) is 5.32 Å². The van der Waals surface area contributed by atoms with Gasteiger partial charge in [-0.05, 0) is 54.2 Å². The number of hydrogen-bond acceptors (Lipinski definition) is 4. The molecule has 3 aromatic rings. The van der Waals surface area contributed by atoms with E-state index in [1.54, 1.807) is 6.92 Å². The number of carbonyl (C=O) groups is 1. The monoisotopic (exact) mass is 466 g/mol. The van der Waals surface area contributed by atoms with Crippen LogP contribution in [0.2, 0.25) is 0 Å². The highest BCUT2D eigenvalue weighted by Crippen LogP contribution is 2.36. The summed E-state index contributed by atoms with van der Waals surface area (Å²) in [5.74, 6) is 0.145. The van der Waals surface area contributed by atoms with Crippen LogP contribution in [-0.4, -0.2) is 17.7 Å². The molecule has 6 heteroatoms. The smallest absolute Gasteiger partial charge is 0.341 e. The molecule has 0 amide bonds. The number of nitrogens with one attached hydrogen (secondary N) is 2. The maximum Gasteiger partial charge on any atom is 0.341 e. The zero-order chi connectivity index (χ0) is 23.1. The molecule has 0 aliphatic heterocycles. The molecule has 0 radical (unpaired) electrons. The summed E-state index contributed by atoms with van der Waals surface area (Å²) in [7, 11) is 0. The standard InChI is InChI=1S/C26H30N2O2S2/c1-5-22(19-14-12-18(13-15-19)17(3)4)27-26(31)28-24-21(25(29)30-6-2)16-23(32-24)20-10-8-7-9-11-20/h7-17,22H,5-6H2,1-4H3,(H2,27,28,31). The molecule has 0 fully saturated rings. The number of anilines is 1. The quantitative estimate of drug-likeness (QED) is 0.273. The molecular formula is C26H30N2O2S2. The maximum atomic E-state index is 12.6. The van der Waals surface area contributed by atoms with E-state index in [-0.39, 0.29) is 12.0 Å². The third-order valence-electron chi connectivity index (χ3n) is 5.23. The highest BCUT2D eigenvalue weighted by Gasteiger charge is 2.20. The summed E-state index contributed by atoms with van der Waals surface area (Å²) < 4.78 is 5.27. The minimum absolute atomic E-state index is 0.0795. The Balaban J connectivity index is 1.79. The van der Waals surface area contributed by atoms with Gasteiger partial charge in [-0.3, -0.25) is 0 Å². The number of hydrogen-bond donors (Lipinski definition) is 2. The number of thiophene rings is 1. The molecular weight excluding hydrogens is 436 g/mol. The van der Waals surface area contributed by atoms with Crippen LogP contribution < -0.4 is 10.6 Å². The molecule has 0 saturated heterocycles. The average molecular weight is 467 g/mol. The molecule has 1 atom stereocenters. The van der Waals surface area contributed by atoms with E-state index in [1.165, 1.54) is 22.5 Å². The van der Waals surface area contributed by atoms with E-state index in [2.05, 4.69) is 55.7 Å². The Bertz CT molecular complexity index is 1040. The van der Waals surface area contributed by atoms with Crippen LogP contribution in [0.5, 0.6) is 0 Å². The van der Waals surface area contributed by atoms with Gasteiger partial charge in [0.05, 0.1) is 18.2 Å². The van der Waals surface area contributed by atoms with Crippen LogP contribution in [0.15, 0.2) is 60.7 Å². The normalized spacial score (nSPS) is 11.8. The Hall–Kier alpha value is -2.70. The summed E-state index contributed by atoms with van der Waals surface area (Å²) in [5.41, 5.74) is 4.04. The SMILES string of the molecule is CCOC(=O)c1cc(-c2ccccc2)sc1NC(=S)NC(CC)c1ccc(C(C)C)cc1. The van der Waals surface area contributed by atoms with Gasteiger partial charge in [0.1, 0.15) is 5.00 Å². The van der Waals surface area contributed by atoms with E-state index in [0.717, 1.165) is 16.9 Å². The first-order valence-corrected chi connectivity index (χ1v) is 12.2. The lowest BCUT2D eigenvalue weighted by molar-refractivity contribution is 0.0528. The number of thiocarbonyl (C=S) groups is 1. The molecule has 1 unspecified atom stereocenters. The topological polar surface area (TPSA) is 50.4 Å². The molecule has 32 heavy (non-hydrogen) atoms. The summed E-state index contributed by atoms with van der Waals surface area (Å²) in [6.45, 7) is 8.63. The maximum absolute atomic E-state index is 12.6. The molecule has 2 aromatic carbocycles. The summed E-state index contributed by atoms with van der Waals surface area (Å²) in [6.07, 6.45) is 0.882. The number of benzene rings is 2. The highest BCUT2D eigenvalue weighted by molar-refractivity contribution is 7.80. The lowest BCUT2D eigenvalue weighted by Gasteiger charge is -2.20. The van der Waals surface area contributed by atoms with Gasteiger partial charge in [0.2, 0.25) is 0 Å². The van der Waals surface area contributed by atoms with E-state index in [0.29, 0.717) is 28.2 Å². The van der Waals surface area contributed by atoms with Gasteiger partial charge in [0.25, 0.3) is 0 Å². The van der Waals surface area contributed by atoms with E-state index in [9.17, 15) is 4.79 Å². The third-order valence-corrected chi connectivity index (χ3v) is 6.55. The largest absolute Gasteiger partial charge is 0.462 e. The van der Waals surface area contributed by atoms with Crippen LogP contribution >= 0.6 is 23.6 Å². The van der Waals surface area contributed by atoms with Crippen LogP contribution in [-0.2, 0) is 4.74 Å². The van der Waals surface area contributed by atoms with Crippen molar-refractivity contribution in [2.24, 2.45) is 0 Å². The molecule has 0 aliphatic rings. The summed E-state index contributed by atoms with van der Waals surface area (Å²) in [4.78, 5) is 13.5. The second-order valence-corrected chi connectivity index (χ2v) is 9.28. The first-order chi connectivity index (χ1) is 15.4. The fourth-order valence-electron chi connectivity index (χ4n) is 3.42. The molecule has 3 rings (SSSR count). The van der Waals surface area contributed by atoms with Crippen molar-refractivity contribution in [3.05, 3.63) is 77.4 Å². The number of rotatable bonds is 8. The van der Waals surface area contributed by atoms with Gasteiger partial charge in [0, 0.05) is 4.88 Å². The van der Waals surface area contributed by atoms with Gasteiger partial charge in [-0.2, -0.15) is 0 Å². The fraction of sp³-hybridized carbons (Fsp3) is 0.308. The van der Waals surface area contributed by atoms with Crippen LogP contribution in [0.25, 0.3) is 10.4 Å². The van der Waals surface area contributed by atoms with Crippen LogP contribution in [0.1, 0.15) is 67.6 Å². The minimum Gasteiger partial charge on any atom is -0.462 e. The predicted molar refractivity (Wildman–Crippen MR) is 139 cm³/mol. The first-order valence-electron chi connectivity index (χ1n) is 11.0. The molecule has 0 aliphatic carbocycles. The van der Waals surface area contributed by atoms with Crippen LogP contribution in [0.3, 0.4) is 0 Å². The molecule has 0 bridgehead atoms. The lowest BCUT2D eigenvalue weighted by atomic mass is 9.98. The molecule has 168 valence electrons. The van der Waals surface area contributed by atoms with Gasteiger partial charge in [-0.1, -0.05) is 75.4 Å². The van der Waals surface area contributed by atoms with E-state index in [4.69, 9.17) is 17.0 Å². The van der Waals surface area contributed by atoms with Crippen molar-refractivity contribution in [3.63, 3.8) is 0 Å². The summed E-state index contributed by atoms with van der Waals surface area (Å²) in [6, 6.07) is 20.6. The Morgan fingerprint density at radius 2 is 1.69 bits per heavy atom. The zero-order valence-electron chi connectivity index (χ0n) is 19.0. The first kappa shape index (κ1) is 24.0. The van der Waals surface area contributed by atoms with Gasteiger partial charge < -0.3 is 15.4 Å². The molecule has 1 heterocycles. The van der Waals surface area contributed by atoms with Crippen LogP contribution in [0, 0.1) is 0 Å². The second-order valence-electron chi connectivity index (χ2n) is 7.82. The van der Waals surface area contributed by atoms with Gasteiger partial charge in [0.15, 0.2) is 5.11 Å². The number of ether oxygens (including phenoxy) is 1. The van der Waals surface area contributed by atoms with Gasteiger partial charge >= 0.3 is 5.97 Å². The summed E-state index contributed by atoms with van der Waals surface area (Å²) in [5, 5.41) is 7.81. The average Bonchev–Trinajstić information content (AvgIpc) is 3.22. The molecule has 1 aromatic heterocycles. The minimum atomic E-state index is -0.354. The van der Waals surface area contributed by atoms with Gasteiger partial charge in [-0.25, -0.2) is 4.79 Å². The molecule has 4 nitrogen and oxygen atoms in total. The lowest BCUT2D eigenvalue weighted by Crippen LogP contribution is -2.32. The third kappa shape index (κ3) is 5.96. The Kier molecular flexibility index (Phi) is 8.42. The van der Waals surface area contributed by atoms with E-state index in [1.807, 2.05) is 36.4 Å². The molecule has 0 spiro atoms. The van der Waals surface area contributed by atoms with Crippen molar-refractivity contribution < 1.29 is 9.53 Å². The van der Waals surface area contributed by atoms with Crippen molar-refractivity contribution >= 4 is 39.6 Å².